The molecule has 4 N–H and O–H groups in total. The van der Waals surface area contributed by atoms with E-state index in [2.05, 4.69) is 0 Å². The molecule has 2 unspecified atom stereocenters. The van der Waals surface area contributed by atoms with E-state index in [-0.39, 0.29) is 25.7 Å². The van der Waals surface area contributed by atoms with Crippen LogP contribution in [0.3, 0.4) is 0 Å². The number of hydrogen-bond acceptors (Lipinski definition) is 4. The van der Waals surface area contributed by atoms with E-state index in [1.165, 1.54) is 0 Å². The van der Waals surface area contributed by atoms with Crippen LogP contribution in [0.5, 0.6) is 0 Å². The average molecular weight is 214 g/mol. The highest BCUT2D eigenvalue weighted by atomic mass is 16.3. The molecule has 0 saturated heterocycles. The fourth-order valence-corrected chi connectivity index (χ4v) is 1.96. The van der Waals surface area contributed by atoms with Crippen LogP contribution in [0.15, 0.2) is 22.8 Å². The van der Waals surface area contributed by atoms with Crippen molar-refractivity contribution in [3.63, 3.8) is 0 Å². The summed E-state index contributed by atoms with van der Waals surface area (Å²) in [4.78, 5) is 0. The molecular formula is C11H18O4. The molecule has 0 fully saturated rings. The van der Waals surface area contributed by atoms with Gasteiger partial charge in [-0.15, -0.1) is 0 Å². The summed E-state index contributed by atoms with van der Waals surface area (Å²) < 4.78 is 0. The fourth-order valence-electron chi connectivity index (χ4n) is 1.96. The first-order chi connectivity index (χ1) is 6.97. The summed E-state index contributed by atoms with van der Waals surface area (Å²) in [5.74, 6) is -0.264. The Morgan fingerprint density at radius 2 is 1.80 bits per heavy atom. The van der Waals surface area contributed by atoms with Gasteiger partial charge in [-0.2, -0.15) is 0 Å². The smallest absolute Gasteiger partial charge is 0.0869 e. The van der Waals surface area contributed by atoms with Gasteiger partial charge in [0.1, 0.15) is 0 Å². The zero-order valence-electron chi connectivity index (χ0n) is 9.06. The molecule has 4 nitrogen and oxygen atoms in total. The van der Waals surface area contributed by atoms with Crippen molar-refractivity contribution in [2.24, 2.45) is 5.92 Å². The van der Waals surface area contributed by atoms with Gasteiger partial charge in [0.25, 0.3) is 0 Å². The summed E-state index contributed by atoms with van der Waals surface area (Å²) in [6.07, 6.45) is 1.54. The largest absolute Gasteiger partial charge is 0.392 e. The van der Waals surface area contributed by atoms with Crippen molar-refractivity contribution in [3.8, 4) is 0 Å². The predicted molar refractivity (Wildman–Crippen MR) is 56.2 cm³/mol. The minimum atomic E-state index is -1.09. The van der Waals surface area contributed by atoms with Crippen molar-refractivity contribution in [1.82, 2.24) is 0 Å². The second kappa shape index (κ2) is 4.45. The number of aliphatic hydroxyl groups excluding tert-OH is 3. The van der Waals surface area contributed by atoms with Crippen LogP contribution in [-0.2, 0) is 0 Å². The van der Waals surface area contributed by atoms with Gasteiger partial charge in [0.2, 0.25) is 0 Å². The standard InChI is InChI=1S/C11H18O4/c1-7-9(5-13)10(6-14)8(4-12)3-11(7,2)15/h3,7,12-15H,4-6H2,1-2H3. The van der Waals surface area contributed by atoms with Crippen molar-refractivity contribution in [2.45, 2.75) is 19.4 Å². The van der Waals surface area contributed by atoms with Crippen LogP contribution in [0, 0.1) is 5.92 Å². The first-order valence-corrected chi connectivity index (χ1v) is 4.97. The molecule has 1 rings (SSSR count). The van der Waals surface area contributed by atoms with Crippen LogP contribution in [0.4, 0.5) is 0 Å². The maximum absolute atomic E-state index is 10.0. The number of hydrogen-bond donors (Lipinski definition) is 4. The summed E-state index contributed by atoms with van der Waals surface area (Å²) in [6, 6.07) is 0. The quantitative estimate of drug-likeness (QED) is 0.515. The lowest BCUT2D eigenvalue weighted by Gasteiger charge is -2.35. The molecule has 0 heterocycles. The van der Waals surface area contributed by atoms with Crippen molar-refractivity contribution >= 4 is 0 Å². The van der Waals surface area contributed by atoms with Crippen molar-refractivity contribution in [1.29, 1.82) is 0 Å². The third-order valence-electron chi connectivity index (χ3n) is 3.14. The van der Waals surface area contributed by atoms with Gasteiger partial charge < -0.3 is 20.4 Å². The van der Waals surface area contributed by atoms with Gasteiger partial charge in [0, 0.05) is 5.92 Å². The Hall–Kier alpha value is -0.680. The second-order valence-electron chi connectivity index (χ2n) is 4.10. The molecule has 0 amide bonds. The van der Waals surface area contributed by atoms with Gasteiger partial charge in [-0.3, -0.25) is 0 Å². The summed E-state index contributed by atoms with van der Waals surface area (Å²) in [6.45, 7) is 2.71. The molecule has 0 radical (unpaired) electrons. The number of aliphatic hydroxyl groups is 4. The van der Waals surface area contributed by atoms with Crippen LogP contribution in [0.1, 0.15) is 13.8 Å². The molecule has 0 aliphatic heterocycles. The third kappa shape index (κ3) is 2.13. The zero-order chi connectivity index (χ0) is 11.6. The van der Waals surface area contributed by atoms with Crippen LogP contribution < -0.4 is 0 Å². The molecule has 0 aromatic heterocycles. The van der Waals surface area contributed by atoms with Crippen molar-refractivity contribution < 1.29 is 20.4 Å². The zero-order valence-corrected chi connectivity index (χ0v) is 9.06. The van der Waals surface area contributed by atoms with Crippen LogP contribution in [0.25, 0.3) is 0 Å². The monoisotopic (exact) mass is 214 g/mol. The van der Waals surface area contributed by atoms with Gasteiger partial charge in [-0.1, -0.05) is 6.92 Å². The lowest BCUT2D eigenvalue weighted by molar-refractivity contribution is 0.0592. The molecule has 4 heteroatoms. The molecule has 2 atom stereocenters. The molecule has 0 aromatic rings. The lowest BCUT2D eigenvalue weighted by atomic mass is 9.75. The molecular weight excluding hydrogens is 196 g/mol. The van der Waals surface area contributed by atoms with Gasteiger partial charge in [0.05, 0.1) is 25.4 Å². The normalized spacial score (nSPS) is 31.9. The van der Waals surface area contributed by atoms with Gasteiger partial charge in [-0.05, 0) is 29.7 Å². The minimum absolute atomic E-state index is 0.218. The first-order valence-electron chi connectivity index (χ1n) is 4.97. The Kier molecular flexibility index (Phi) is 3.67. The minimum Gasteiger partial charge on any atom is -0.392 e. The van der Waals surface area contributed by atoms with E-state index >= 15 is 0 Å². The lowest BCUT2D eigenvalue weighted by Crippen LogP contribution is -2.37. The van der Waals surface area contributed by atoms with E-state index in [0.29, 0.717) is 16.7 Å². The Bertz CT molecular complexity index is 302. The van der Waals surface area contributed by atoms with E-state index in [1.54, 1.807) is 19.9 Å². The van der Waals surface area contributed by atoms with E-state index < -0.39 is 5.60 Å². The Morgan fingerprint density at radius 1 is 1.20 bits per heavy atom. The molecule has 0 spiro atoms. The highest BCUT2D eigenvalue weighted by Gasteiger charge is 2.35. The molecule has 0 aromatic carbocycles. The topological polar surface area (TPSA) is 80.9 Å². The molecule has 1 aliphatic rings. The third-order valence-corrected chi connectivity index (χ3v) is 3.14. The molecule has 15 heavy (non-hydrogen) atoms. The average Bonchev–Trinajstić information content (AvgIpc) is 2.21. The molecule has 1 aliphatic carbocycles. The van der Waals surface area contributed by atoms with E-state index in [0.717, 1.165) is 0 Å². The van der Waals surface area contributed by atoms with E-state index in [4.69, 9.17) is 5.11 Å². The highest BCUT2D eigenvalue weighted by molar-refractivity contribution is 5.44. The number of rotatable bonds is 3. The first kappa shape index (κ1) is 12.4. The van der Waals surface area contributed by atoms with Gasteiger partial charge in [0.15, 0.2) is 0 Å². The molecule has 0 bridgehead atoms. The predicted octanol–water partition coefficient (Wildman–Crippen LogP) is -0.413. The highest BCUT2D eigenvalue weighted by Crippen LogP contribution is 2.35. The summed E-state index contributed by atoms with van der Waals surface area (Å²) in [7, 11) is 0. The second-order valence-corrected chi connectivity index (χ2v) is 4.10. The van der Waals surface area contributed by atoms with Crippen LogP contribution >= 0.6 is 0 Å². The maximum atomic E-state index is 10.0. The van der Waals surface area contributed by atoms with Crippen molar-refractivity contribution in [2.75, 3.05) is 19.8 Å². The molecule has 0 saturated carbocycles. The Morgan fingerprint density at radius 3 is 2.20 bits per heavy atom. The summed E-state index contributed by atoms with van der Waals surface area (Å²) in [5, 5.41) is 37.6. The molecule has 86 valence electrons. The fraction of sp³-hybridized carbons (Fsp3) is 0.636. The Balaban J connectivity index is 3.23. The summed E-state index contributed by atoms with van der Waals surface area (Å²) >= 11 is 0. The van der Waals surface area contributed by atoms with Crippen LogP contribution in [-0.4, -0.2) is 45.8 Å². The Labute approximate surface area is 89.2 Å². The van der Waals surface area contributed by atoms with E-state index in [1.807, 2.05) is 0 Å². The maximum Gasteiger partial charge on any atom is 0.0869 e. The van der Waals surface area contributed by atoms with Gasteiger partial charge >= 0.3 is 0 Å². The van der Waals surface area contributed by atoms with E-state index in [9.17, 15) is 15.3 Å². The SMILES string of the molecule is CC1C(CO)=C(CO)C(CO)=CC1(C)O. The summed E-state index contributed by atoms with van der Waals surface area (Å²) in [5.41, 5.74) is 0.534. The van der Waals surface area contributed by atoms with Crippen molar-refractivity contribution in [3.05, 3.63) is 22.8 Å². The van der Waals surface area contributed by atoms with Crippen LogP contribution in [0.2, 0.25) is 0 Å². The van der Waals surface area contributed by atoms with Gasteiger partial charge in [-0.25, -0.2) is 0 Å².